The van der Waals surface area contributed by atoms with Crippen molar-refractivity contribution in [2.75, 3.05) is 0 Å². The first kappa shape index (κ1) is 25.4. The standard InChI is InChI=1S/C29H31N3O.BrH/c1-24-31(21-22-32(24)23-25-13-5-2-6-14-25)20-12-11-19-29(28(30)33,26-15-7-3-8-16-26)27-17-9-4-10-18-27;/h2-10,13-18,21-22H,11-12,19-20,23H2,1H3,(H-,30,33);1H. The Morgan fingerprint density at radius 2 is 1.38 bits per heavy atom. The molecule has 0 aliphatic rings. The Kier molecular flexibility index (Phi) is 8.83. The van der Waals surface area contributed by atoms with Crippen LogP contribution in [-0.4, -0.2) is 10.5 Å². The van der Waals surface area contributed by atoms with E-state index in [1.54, 1.807) is 0 Å². The van der Waals surface area contributed by atoms with E-state index in [0.29, 0.717) is 6.42 Å². The van der Waals surface area contributed by atoms with Crippen LogP contribution in [0.1, 0.15) is 41.8 Å². The van der Waals surface area contributed by atoms with E-state index in [2.05, 4.69) is 52.7 Å². The number of nitrogens with zero attached hydrogens (tertiary/aromatic N) is 2. The summed E-state index contributed by atoms with van der Waals surface area (Å²) in [6.45, 7) is 3.93. The molecule has 34 heavy (non-hydrogen) atoms. The maximum Gasteiger partial charge on any atom is 0.253 e. The Hall–Kier alpha value is -3.18. The number of hydrogen-bond acceptors (Lipinski definition) is 1. The molecule has 176 valence electrons. The van der Waals surface area contributed by atoms with Gasteiger partial charge in [0.25, 0.3) is 5.82 Å². The zero-order chi connectivity index (χ0) is 23.1. The molecule has 1 heterocycles. The molecule has 4 rings (SSSR count). The molecule has 1 amide bonds. The van der Waals surface area contributed by atoms with Crippen molar-refractivity contribution in [3.8, 4) is 0 Å². The smallest absolute Gasteiger partial charge is 0.253 e. The van der Waals surface area contributed by atoms with Crippen LogP contribution in [-0.2, 0) is 23.3 Å². The third-order valence-electron chi connectivity index (χ3n) is 6.61. The van der Waals surface area contributed by atoms with E-state index in [-0.39, 0.29) is 22.9 Å². The highest BCUT2D eigenvalue weighted by molar-refractivity contribution is 5.90. The van der Waals surface area contributed by atoms with Gasteiger partial charge in [-0.05, 0) is 36.0 Å². The van der Waals surface area contributed by atoms with Crippen LogP contribution in [0.25, 0.3) is 0 Å². The van der Waals surface area contributed by atoms with Crippen molar-refractivity contribution in [2.45, 2.75) is 44.7 Å². The van der Waals surface area contributed by atoms with Gasteiger partial charge in [0.2, 0.25) is 5.91 Å². The van der Waals surface area contributed by atoms with Crippen LogP contribution in [0.15, 0.2) is 103 Å². The quantitative estimate of drug-likeness (QED) is 0.253. The van der Waals surface area contributed by atoms with Crippen LogP contribution < -0.4 is 27.3 Å². The summed E-state index contributed by atoms with van der Waals surface area (Å²) in [7, 11) is 0. The van der Waals surface area contributed by atoms with Gasteiger partial charge in [0.15, 0.2) is 0 Å². The molecule has 4 nitrogen and oxygen atoms in total. The summed E-state index contributed by atoms with van der Waals surface area (Å²) in [5.41, 5.74) is 8.48. The Morgan fingerprint density at radius 1 is 0.853 bits per heavy atom. The maximum atomic E-state index is 12.9. The summed E-state index contributed by atoms with van der Waals surface area (Å²) in [6, 6.07) is 30.4. The molecular weight excluding hydrogens is 486 g/mol. The topological polar surface area (TPSA) is 51.9 Å². The van der Waals surface area contributed by atoms with E-state index in [1.807, 2.05) is 66.7 Å². The molecule has 0 spiro atoms. The van der Waals surface area contributed by atoms with Crippen LogP contribution in [0.5, 0.6) is 0 Å². The number of hydrogen-bond donors (Lipinski definition) is 1. The lowest BCUT2D eigenvalue weighted by atomic mass is 9.70. The van der Waals surface area contributed by atoms with E-state index >= 15 is 0 Å². The summed E-state index contributed by atoms with van der Waals surface area (Å²) < 4.78 is 4.57. The summed E-state index contributed by atoms with van der Waals surface area (Å²) in [4.78, 5) is 12.9. The number of amides is 1. The van der Waals surface area contributed by atoms with Crippen LogP contribution >= 0.6 is 0 Å². The molecule has 0 fully saturated rings. The molecule has 0 aliphatic carbocycles. The lowest BCUT2D eigenvalue weighted by Gasteiger charge is -2.32. The molecular formula is C29H32BrN3O. The lowest BCUT2D eigenvalue weighted by Crippen LogP contribution is -3.00. The van der Waals surface area contributed by atoms with Crippen LogP contribution in [0.4, 0.5) is 0 Å². The second kappa shape index (κ2) is 11.8. The Morgan fingerprint density at radius 3 is 1.91 bits per heavy atom. The number of halogens is 1. The van der Waals surface area contributed by atoms with Crippen molar-refractivity contribution in [1.29, 1.82) is 0 Å². The molecule has 0 bridgehead atoms. The molecule has 2 N–H and O–H groups in total. The Bertz CT molecular complexity index is 1130. The summed E-state index contributed by atoms with van der Waals surface area (Å²) in [5, 5.41) is 0. The van der Waals surface area contributed by atoms with Crippen molar-refractivity contribution in [3.05, 3.63) is 126 Å². The van der Waals surface area contributed by atoms with E-state index in [1.165, 1.54) is 11.4 Å². The highest BCUT2D eigenvalue weighted by atomic mass is 79.9. The van der Waals surface area contributed by atoms with Crippen molar-refractivity contribution < 1.29 is 26.3 Å². The number of imidazole rings is 1. The second-order valence-corrected chi connectivity index (χ2v) is 8.61. The maximum absolute atomic E-state index is 12.9. The largest absolute Gasteiger partial charge is 1.00 e. The molecule has 0 radical (unpaired) electrons. The minimum Gasteiger partial charge on any atom is -1.00 e. The van der Waals surface area contributed by atoms with Gasteiger partial charge in [0.1, 0.15) is 18.9 Å². The van der Waals surface area contributed by atoms with Gasteiger partial charge in [-0.3, -0.25) is 4.79 Å². The van der Waals surface area contributed by atoms with Crippen LogP contribution in [0.3, 0.4) is 0 Å². The number of primary amides is 1. The molecule has 0 saturated carbocycles. The summed E-state index contributed by atoms with van der Waals surface area (Å²) in [5.74, 6) is 0.934. The fraction of sp³-hybridized carbons (Fsp3) is 0.241. The summed E-state index contributed by atoms with van der Waals surface area (Å²) >= 11 is 0. The molecule has 0 aliphatic heterocycles. The zero-order valence-corrected chi connectivity index (χ0v) is 21.2. The second-order valence-electron chi connectivity index (χ2n) is 8.61. The average Bonchev–Trinajstić information content (AvgIpc) is 3.20. The highest BCUT2D eigenvalue weighted by Crippen LogP contribution is 2.37. The van der Waals surface area contributed by atoms with Gasteiger partial charge in [0, 0.05) is 6.92 Å². The van der Waals surface area contributed by atoms with Crippen molar-refractivity contribution in [3.63, 3.8) is 0 Å². The molecule has 1 aromatic heterocycles. The van der Waals surface area contributed by atoms with Gasteiger partial charge in [-0.15, -0.1) is 0 Å². The first-order valence-corrected chi connectivity index (χ1v) is 11.6. The third kappa shape index (κ3) is 5.48. The van der Waals surface area contributed by atoms with Crippen LogP contribution in [0, 0.1) is 6.92 Å². The van der Waals surface area contributed by atoms with Gasteiger partial charge < -0.3 is 22.7 Å². The van der Waals surface area contributed by atoms with E-state index < -0.39 is 5.41 Å². The minimum absolute atomic E-state index is 0. The number of aromatic nitrogens is 2. The van der Waals surface area contributed by atoms with Gasteiger partial charge in [-0.25, -0.2) is 9.13 Å². The molecule has 0 atom stereocenters. The molecule has 5 heteroatoms. The van der Waals surface area contributed by atoms with Gasteiger partial charge in [-0.1, -0.05) is 91.0 Å². The number of benzene rings is 3. The van der Waals surface area contributed by atoms with Crippen molar-refractivity contribution in [1.82, 2.24) is 4.57 Å². The predicted molar refractivity (Wildman–Crippen MR) is 132 cm³/mol. The monoisotopic (exact) mass is 517 g/mol. The fourth-order valence-electron chi connectivity index (χ4n) is 4.71. The van der Waals surface area contributed by atoms with E-state index in [9.17, 15) is 4.79 Å². The van der Waals surface area contributed by atoms with Crippen LogP contribution in [0.2, 0.25) is 0 Å². The predicted octanol–water partition coefficient (Wildman–Crippen LogP) is 1.78. The number of aryl methyl sites for hydroxylation is 1. The fourth-order valence-corrected chi connectivity index (χ4v) is 4.71. The Balaban J connectivity index is 0.00000324. The van der Waals surface area contributed by atoms with Gasteiger partial charge >= 0.3 is 0 Å². The number of unbranched alkanes of at least 4 members (excludes halogenated alkanes) is 1. The van der Waals surface area contributed by atoms with Crippen molar-refractivity contribution >= 4 is 5.91 Å². The average molecular weight is 518 g/mol. The number of carbonyl (C=O) groups is 1. The summed E-state index contributed by atoms with van der Waals surface area (Å²) in [6.07, 6.45) is 6.83. The van der Waals surface area contributed by atoms with Gasteiger partial charge in [0.05, 0.1) is 12.0 Å². The number of carbonyl (C=O) groups excluding carboxylic acids is 1. The third-order valence-corrected chi connectivity index (χ3v) is 6.61. The minimum atomic E-state index is -0.818. The Labute approximate surface area is 212 Å². The zero-order valence-electron chi connectivity index (χ0n) is 19.6. The molecule has 0 saturated heterocycles. The van der Waals surface area contributed by atoms with Crippen molar-refractivity contribution in [2.24, 2.45) is 5.73 Å². The molecule has 4 aromatic rings. The SMILES string of the molecule is Cc1n(CCCCC(C(N)=O)(c2ccccc2)c2ccccc2)cc[n+]1Cc1ccccc1.[Br-]. The highest BCUT2D eigenvalue weighted by Gasteiger charge is 2.39. The van der Waals surface area contributed by atoms with Gasteiger partial charge in [-0.2, -0.15) is 0 Å². The first-order valence-electron chi connectivity index (χ1n) is 11.6. The number of nitrogens with two attached hydrogens (primary N) is 1. The lowest BCUT2D eigenvalue weighted by molar-refractivity contribution is -0.694. The van der Waals surface area contributed by atoms with E-state index in [0.717, 1.165) is 37.1 Å². The normalized spacial score (nSPS) is 11.1. The first-order chi connectivity index (χ1) is 16.1. The van der Waals surface area contributed by atoms with E-state index in [4.69, 9.17) is 5.73 Å². The number of rotatable bonds is 10. The molecule has 0 unspecified atom stereocenters. The molecule has 3 aromatic carbocycles.